The maximum atomic E-state index is 13.0. The van der Waals surface area contributed by atoms with Crippen LogP contribution < -0.4 is 11.1 Å². The zero-order valence-electron chi connectivity index (χ0n) is 16.0. The van der Waals surface area contributed by atoms with E-state index in [4.69, 9.17) is 5.73 Å². The first-order chi connectivity index (χ1) is 12.3. The van der Waals surface area contributed by atoms with E-state index in [1.807, 2.05) is 20.8 Å². The maximum absolute atomic E-state index is 13.0. The average molecular weight is 382 g/mol. The van der Waals surface area contributed by atoms with Crippen molar-refractivity contribution in [2.45, 2.75) is 69.4 Å². The number of carbonyl (C=O) groups is 1. The van der Waals surface area contributed by atoms with Crippen LogP contribution in [-0.4, -0.2) is 43.3 Å². The van der Waals surface area contributed by atoms with Crippen molar-refractivity contribution in [3.8, 4) is 0 Å². The highest BCUT2D eigenvalue weighted by atomic mass is 32.2. The Balaban J connectivity index is 2.28. The van der Waals surface area contributed by atoms with Gasteiger partial charge >= 0.3 is 0 Å². The third-order valence-electron chi connectivity index (χ3n) is 5.57. The molecule has 1 aliphatic heterocycles. The van der Waals surface area contributed by atoms with Crippen molar-refractivity contribution in [1.29, 1.82) is 0 Å². The van der Waals surface area contributed by atoms with Crippen LogP contribution in [0.1, 0.15) is 63.2 Å². The highest BCUT2D eigenvalue weighted by molar-refractivity contribution is 7.89. The quantitative estimate of drug-likeness (QED) is 0.759. The van der Waals surface area contributed by atoms with Gasteiger partial charge in [0.15, 0.2) is 0 Å². The van der Waals surface area contributed by atoms with Crippen molar-refractivity contribution in [2.75, 3.05) is 13.1 Å². The van der Waals surface area contributed by atoms with E-state index in [9.17, 15) is 13.2 Å². The van der Waals surface area contributed by atoms with Gasteiger partial charge in [0.2, 0.25) is 10.0 Å². The van der Waals surface area contributed by atoms with Crippen molar-refractivity contribution < 1.29 is 13.2 Å². The van der Waals surface area contributed by atoms with Gasteiger partial charge in [0, 0.05) is 24.7 Å². The highest BCUT2D eigenvalue weighted by Gasteiger charge is 2.32. The van der Waals surface area contributed by atoms with E-state index in [0.717, 1.165) is 32.1 Å². The molecule has 1 amide bonds. The normalized spacial score (nSPS) is 19.3. The molecule has 1 fully saturated rings. The number of hydrogen-bond acceptors (Lipinski definition) is 4. The summed E-state index contributed by atoms with van der Waals surface area (Å²) in [5.74, 6) is -0.289. The summed E-state index contributed by atoms with van der Waals surface area (Å²) in [5.41, 5.74) is 5.73. The minimum atomic E-state index is -3.60. The van der Waals surface area contributed by atoms with E-state index in [1.54, 1.807) is 22.5 Å². The Labute approximate surface area is 157 Å². The third kappa shape index (κ3) is 4.27. The molecule has 1 heterocycles. The molecule has 3 N–H and O–H groups in total. The van der Waals surface area contributed by atoms with E-state index >= 15 is 0 Å². The lowest BCUT2D eigenvalue weighted by molar-refractivity contribution is 0.0895. The molecule has 1 saturated heterocycles. The van der Waals surface area contributed by atoms with Crippen molar-refractivity contribution in [1.82, 2.24) is 9.62 Å². The molecule has 0 aliphatic carbocycles. The summed E-state index contributed by atoms with van der Waals surface area (Å²) in [4.78, 5) is 12.9. The molecule has 7 heteroatoms. The number of benzene rings is 1. The molecule has 1 aliphatic rings. The average Bonchev–Trinajstić information content (AvgIpc) is 2.66. The van der Waals surface area contributed by atoms with E-state index in [0.29, 0.717) is 18.7 Å². The van der Waals surface area contributed by atoms with Gasteiger partial charge in [-0.3, -0.25) is 4.79 Å². The first-order valence-electron chi connectivity index (χ1n) is 9.44. The van der Waals surface area contributed by atoms with Gasteiger partial charge in [-0.15, -0.1) is 0 Å². The number of rotatable bonds is 7. The summed E-state index contributed by atoms with van der Waals surface area (Å²) < 4.78 is 27.6. The molecule has 6 nitrogen and oxygen atoms in total. The predicted octanol–water partition coefficient (Wildman–Crippen LogP) is 2.50. The number of nitrogens with one attached hydrogen (secondary N) is 1. The van der Waals surface area contributed by atoms with Gasteiger partial charge in [-0.2, -0.15) is 4.31 Å². The lowest BCUT2D eigenvalue weighted by Gasteiger charge is -2.32. The lowest BCUT2D eigenvalue weighted by atomic mass is 9.92. The van der Waals surface area contributed by atoms with Gasteiger partial charge in [-0.05, 0) is 50.8 Å². The number of sulfonamides is 1. The molecule has 1 atom stereocenters. The van der Waals surface area contributed by atoms with Crippen LogP contribution in [0.15, 0.2) is 29.2 Å². The van der Waals surface area contributed by atoms with E-state index in [-0.39, 0.29) is 16.8 Å². The molecule has 26 heavy (non-hydrogen) atoms. The van der Waals surface area contributed by atoms with E-state index in [2.05, 4.69) is 5.32 Å². The molecule has 1 aromatic carbocycles. The molecule has 2 rings (SSSR count). The van der Waals surface area contributed by atoms with Crippen LogP contribution in [0, 0.1) is 0 Å². The van der Waals surface area contributed by atoms with Gasteiger partial charge in [0.1, 0.15) is 0 Å². The molecule has 0 aromatic heterocycles. The monoisotopic (exact) mass is 381 g/mol. The highest BCUT2D eigenvalue weighted by Crippen LogP contribution is 2.25. The Morgan fingerprint density at radius 2 is 2.00 bits per heavy atom. The summed E-state index contributed by atoms with van der Waals surface area (Å²) in [6.07, 6.45) is 4.22. The zero-order valence-corrected chi connectivity index (χ0v) is 16.8. The SMILES string of the molecule is CCC(CC)(CN)NC(=O)c1cccc(S(=O)(=O)N2CCCCC2C)c1. The number of piperidine rings is 1. The molecule has 146 valence electrons. The summed E-state index contributed by atoms with van der Waals surface area (Å²) in [7, 11) is -3.60. The number of amides is 1. The van der Waals surface area contributed by atoms with Crippen molar-refractivity contribution in [3.05, 3.63) is 29.8 Å². The fourth-order valence-electron chi connectivity index (χ4n) is 3.44. The van der Waals surface area contributed by atoms with Gasteiger partial charge < -0.3 is 11.1 Å². The van der Waals surface area contributed by atoms with Gasteiger partial charge in [0.25, 0.3) is 5.91 Å². The van der Waals surface area contributed by atoms with Gasteiger partial charge in [0.05, 0.1) is 10.4 Å². The minimum absolute atomic E-state index is 0.0173. The maximum Gasteiger partial charge on any atom is 0.251 e. The number of hydrogen-bond donors (Lipinski definition) is 2. The summed E-state index contributed by atoms with van der Waals surface area (Å²) in [5, 5.41) is 2.99. The van der Waals surface area contributed by atoms with E-state index < -0.39 is 15.6 Å². The molecular weight excluding hydrogens is 350 g/mol. The third-order valence-corrected chi connectivity index (χ3v) is 7.58. The second kappa shape index (κ2) is 8.50. The van der Waals surface area contributed by atoms with Gasteiger partial charge in [-0.1, -0.05) is 26.3 Å². The minimum Gasteiger partial charge on any atom is -0.345 e. The van der Waals surface area contributed by atoms with Crippen LogP contribution >= 0.6 is 0 Å². The second-order valence-electron chi connectivity index (χ2n) is 7.13. The zero-order chi connectivity index (χ0) is 19.4. The van der Waals surface area contributed by atoms with Gasteiger partial charge in [-0.25, -0.2) is 8.42 Å². The van der Waals surface area contributed by atoms with Crippen LogP contribution in [0.25, 0.3) is 0 Å². The smallest absolute Gasteiger partial charge is 0.251 e. The molecule has 0 radical (unpaired) electrons. The fraction of sp³-hybridized carbons (Fsp3) is 0.632. The Hall–Kier alpha value is -1.44. The summed E-state index contributed by atoms with van der Waals surface area (Å²) in [6, 6.07) is 6.28. The van der Waals surface area contributed by atoms with Crippen molar-refractivity contribution >= 4 is 15.9 Å². The number of carbonyl (C=O) groups excluding carboxylic acids is 1. The first kappa shape index (κ1) is 20.9. The molecular formula is C19H31N3O3S. The van der Waals surface area contributed by atoms with Crippen LogP contribution in [0.4, 0.5) is 0 Å². The molecule has 0 bridgehead atoms. The standard InChI is InChI=1S/C19H31N3O3S/c1-4-19(5-2,14-20)21-18(23)16-10-8-11-17(13-16)26(24,25)22-12-7-6-9-15(22)3/h8,10-11,13,15H,4-7,9,12,14,20H2,1-3H3,(H,21,23). The van der Waals surface area contributed by atoms with Crippen molar-refractivity contribution in [2.24, 2.45) is 5.73 Å². The van der Waals surface area contributed by atoms with Crippen molar-refractivity contribution in [3.63, 3.8) is 0 Å². The largest absolute Gasteiger partial charge is 0.345 e. The Morgan fingerprint density at radius 3 is 2.58 bits per heavy atom. The van der Waals surface area contributed by atoms with Crippen LogP contribution in [0.5, 0.6) is 0 Å². The Kier molecular flexibility index (Phi) is 6.82. The fourth-order valence-corrected chi connectivity index (χ4v) is 5.19. The first-order valence-corrected chi connectivity index (χ1v) is 10.9. The predicted molar refractivity (Wildman–Crippen MR) is 103 cm³/mol. The topological polar surface area (TPSA) is 92.5 Å². The molecule has 0 spiro atoms. The Morgan fingerprint density at radius 1 is 1.31 bits per heavy atom. The summed E-state index contributed by atoms with van der Waals surface area (Å²) in [6.45, 7) is 6.77. The van der Waals surface area contributed by atoms with Crippen LogP contribution in [0.3, 0.4) is 0 Å². The lowest BCUT2D eigenvalue weighted by Crippen LogP contribution is -2.52. The number of nitrogens with two attached hydrogens (primary N) is 1. The number of nitrogens with zero attached hydrogens (tertiary/aromatic N) is 1. The molecule has 0 saturated carbocycles. The Bertz CT molecular complexity index is 721. The molecule has 1 aromatic rings. The van der Waals surface area contributed by atoms with Crippen LogP contribution in [-0.2, 0) is 10.0 Å². The van der Waals surface area contributed by atoms with Crippen LogP contribution in [0.2, 0.25) is 0 Å². The van der Waals surface area contributed by atoms with E-state index in [1.165, 1.54) is 6.07 Å². The second-order valence-corrected chi connectivity index (χ2v) is 9.02. The molecule has 1 unspecified atom stereocenters. The summed E-state index contributed by atoms with van der Waals surface area (Å²) >= 11 is 0.